The van der Waals surface area contributed by atoms with Gasteiger partial charge in [0.05, 0.1) is 4.92 Å². The van der Waals surface area contributed by atoms with Crippen LogP contribution in [-0.2, 0) is 0 Å². The predicted octanol–water partition coefficient (Wildman–Crippen LogP) is 1.89. The Balaban J connectivity index is 1.95. The van der Waals surface area contributed by atoms with Crippen LogP contribution in [0.5, 0.6) is 0 Å². The van der Waals surface area contributed by atoms with Crippen molar-refractivity contribution in [1.82, 2.24) is 9.88 Å². The van der Waals surface area contributed by atoms with Gasteiger partial charge in [0.15, 0.2) is 0 Å². The molecule has 0 amide bonds. The maximum Gasteiger partial charge on any atom is 0.311 e. The summed E-state index contributed by atoms with van der Waals surface area (Å²) in [5.74, 6) is 0.355. The van der Waals surface area contributed by atoms with Gasteiger partial charge in [-0.3, -0.25) is 15.0 Å². The zero-order chi connectivity index (χ0) is 13.0. The highest BCUT2D eigenvalue weighted by atomic mass is 16.6. The molecule has 0 aliphatic carbocycles. The van der Waals surface area contributed by atoms with Crippen molar-refractivity contribution in [2.75, 3.05) is 25.0 Å². The zero-order valence-corrected chi connectivity index (χ0v) is 10.5. The van der Waals surface area contributed by atoms with Gasteiger partial charge < -0.3 is 5.32 Å². The molecule has 2 rings (SSSR count). The van der Waals surface area contributed by atoms with E-state index in [-0.39, 0.29) is 5.69 Å². The molecule has 6 heteroatoms. The fourth-order valence-corrected chi connectivity index (χ4v) is 2.24. The highest BCUT2D eigenvalue weighted by Crippen LogP contribution is 2.20. The molecule has 1 fully saturated rings. The summed E-state index contributed by atoms with van der Waals surface area (Å²) >= 11 is 0. The Bertz CT molecular complexity index is 418. The van der Waals surface area contributed by atoms with Crippen LogP contribution in [0.3, 0.4) is 0 Å². The van der Waals surface area contributed by atoms with E-state index in [9.17, 15) is 10.1 Å². The van der Waals surface area contributed by atoms with Crippen molar-refractivity contribution >= 4 is 11.5 Å². The van der Waals surface area contributed by atoms with Gasteiger partial charge >= 0.3 is 5.69 Å². The van der Waals surface area contributed by atoms with Crippen LogP contribution in [0.25, 0.3) is 0 Å². The van der Waals surface area contributed by atoms with Crippen molar-refractivity contribution in [3.63, 3.8) is 0 Å². The lowest BCUT2D eigenvalue weighted by molar-refractivity contribution is -0.384. The molecule has 2 heterocycles. The van der Waals surface area contributed by atoms with E-state index in [0.29, 0.717) is 18.4 Å². The molecule has 1 saturated heterocycles. The molecule has 1 unspecified atom stereocenters. The van der Waals surface area contributed by atoms with E-state index in [1.54, 1.807) is 12.3 Å². The summed E-state index contributed by atoms with van der Waals surface area (Å²) < 4.78 is 0. The van der Waals surface area contributed by atoms with Crippen LogP contribution in [0.4, 0.5) is 11.5 Å². The van der Waals surface area contributed by atoms with Gasteiger partial charge in [-0.15, -0.1) is 0 Å². The average molecular weight is 250 g/mol. The third-order valence-electron chi connectivity index (χ3n) is 3.31. The number of anilines is 1. The Morgan fingerprint density at radius 1 is 1.56 bits per heavy atom. The van der Waals surface area contributed by atoms with Crippen molar-refractivity contribution in [1.29, 1.82) is 0 Å². The fourth-order valence-electron chi connectivity index (χ4n) is 2.24. The minimum absolute atomic E-state index is 0.0334. The summed E-state index contributed by atoms with van der Waals surface area (Å²) in [6.45, 7) is 5.05. The fraction of sp³-hybridized carbons (Fsp3) is 0.583. The lowest BCUT2D eigenvalue weighted by Gasteiger charge is -2.23. The van der Waals surface area contributed by atoms with E-state index in [4.69, 9.17) is 0 Å². The minimum Gasteiger partial charge on any atom is -0.363 e. The molecular weight excluding hydrogens is 232 g/mol. The second-order valence-corrected chi connectivity index (χ2v) is 4.60. The van der Waals surface area contributed by atoms with Crippen LogP contribution in [0.2, 0.25) is 0 Å². The van der Waals surface area contributed by atoms with E-state index in [1.165, 1.54) is 18.9 Å². The summed E-state index contributed by atoms with van der Waals surface area (Å²) in [5, 5.41) is 13.9. The monoisotopic (exact) mass is 250 g/mol. The highest BCUT2D eigenvalue weighted by molar-refractivity contribution is 5.55. The molecule has 0 saturated carbocycles. The highest BCUT2D eigenvalue weighted by Gasteiger charge is 2.19. The number of likely N-dealkylation sites (tertiary alicyclic amines) is 1. The number of hydrogen-bond donors (Lipinski definition) is 1. The van der Waals surface area contributed by atoms with E-state index in [2.05, 4.69) is 22.1 Å². The van der Waals surface area contributed by atoms with Crippen molar-refractivity contribution in [2.24, 2.45) is 0 Å². The molecule has 0 radical (unpaired) electrons. The van der Waals surface area contributed by atoms with Gasteiger partial charge in [0.25, 0.3) is 0 Å². The van der Waals surface area contributed by atoms with Gasteiger partial charge in [-0.25, -0.2) is 4.98 Å². The largest absolute Gasteiger partial charge is 0.363 e. The Labute approximate surface area is 106 Å². The van der Waals surface area contributed by atoms with Gasteiger partial charge in [-0.1, -0.05) is 0 Å². The lowest BCUT2D eigenvalue weighted by Crippen LogP contribution is -2.35. The molecule has 0 spiro atoms. The van der Waals surface area contributed by atoms with Crippen LogP contribution < -0.4 is 5.32 Å². The first-order chi connectivity index (χ1) is 8.68. The SMILES string of the molecule is CC(CNc1ncccc1[N+](=O)[O-])N1CCCC1. The molecule has 0 bridgehead atoms. The van der Waals surface area contributed by atoms with E-state index >= 15 is 0 Å². The summed E-state index contributed by atoms with van der Waals surface area (Å²) in [7, 11) is 0. The van der Waals surface area contributed by atoms with Crippen LogP contribution in [0.1, 0.15) is 19.8 Å². The van der Waals surface area contributed by atoms with Crippen LogP contribution in [-0.4, -0.2) is 40.5 Å². The summed E-state index contributed by atoms with van der Waals surface area (Å²) in [5.41, 5.74) is 0.0334. The molecule has 1 aliphatic heterocycles. The summed E-state index contributed by atoms with van der Waals surface area (Å²) in [6, 6.07) is 3.41. The Hall–Kier alpha value is -1.69. The summed E-state index contributed by atoms with van der Waals surface area (Å²) in [6.07, 6.45) is 4.05. The lowest BCUT2D eigenvalue weighted by atomic mass is 10.3. The van der Waals surface area contributed by atoms with E-state index < -0.39 is 4.92 Å². The first kappa shape index (κ1) is 12.8. The first-order valence-electron chi connectivity index (χ1n) is 6.26. The average Bonchev–Trinajstić information content (AvgIpc) is 2.90. The van der Waals surface area contributed by atoms with E-state index in [1.807, 2.05) is 0 Å². The van der Waals surface area contributed by atoms with Crippen molar-refractivity contribution in [2.45, 2.75) is 25.8 Å². The van der Waals surface area contributed by atoms with Crippen molar-refractivity contribution in [3.8, 4) is 0 Å². The topological polar surface area (TPSA) is 71.3 Å². The van der Waals surface area contributed by atoms with Gasteiger partial charge in [0, 0.05) is 24.8 Å². The molecule has 1 atom stereocenters. The Morgan fingerprint density at radius 2 is 2.28 bits per heavy atom. The number of nitro groups is 1. The smallest absolute Gasteiger partial charge is 0.311 e. The number of pyridine rings is 1. The molecular formula is C12H18N4O2. The molecule has 6 nitrogen and oxygen atoms in total. The molecule has 18 heavy (non-hydrogen) atoms. The summed E-state index contributed by atoms with van der Waals surface area (Å²) in [4.78, 5) is 16.8. The normalized spacial score (nSPS) is 17.6. The van der Waals surface area contributed by atoms with Gasteiger partial charge in [-0.05, 0) is 38.9 Å². The number of aromatic nitrogens is 1. The molecule has 1 aromatic heterocycles. The third-order valence-corrected chi connectivity index (χ3v) is 3.31. The quantitative estimate of drug-likeness (QED) is 0.638. The van der Waals surface area contributed by atoms with Gasteiger partial charge in [-0.2, -0.15) is 0 Å². The molecule has 0 aromatic carbocycles. The Morgan fingerprint density at radius 3 is 2.94 bits per heavy atom. The van der Waals surface area contributed by atoms with Crippen molar-refractivity contribution < 1.29 is 4.92 Å². The van der Waals surface area contributed by atoms with Crippen LogP contribution >= 0.6 is 0 Å². The van der Waals surface area contributed by atoms with E-state index in [0.717, 1.165) is 13.1 Å². The van der Waals surface area contributed by atoms with Gasteiger partial charge in [0.1, 0.15) is 0 Å². The first-order valence-corrected chi connectivity index (χ1v) is 6.26. The number of nitrogens with zero attached hydrogens (tertiary/aromatic N) is 3. The molecule has 1 aliphatic rings. The number of hydrogen-bond acceptors (Lipinski definition) is 5. The zero-order valence-electron chi connectivity index (χ0n) is 10.5. The molecule has 98 valence electrons. The second kappa shape index (κ2) is 5.77. The maximum absolute atomic E-state index is 10.8. The second-order valence-electron chi connectivity index (χ2n) is 4.60. The number of nitrogens with one attached hydrogen (secondary N) is 1. The van der Waals surface area contributed by atoms with Crippen LogP contribution in [0, 0.1) is 10.1 Å². The molecule has 1 aromatic rings. The maximum atomic E-state index is 10.8. The molecule has 1 N–H and O–H groups in total. The van der Waals surface area contributed by atoms with Crippen LogP contribution in [0.15, 0.2) is 18.3 Å². The number of rotatable bonds is 5. The van der Waals surface area contributed by atoms with Crippen molar-refractivity contribution in [3.05, 3.63) is 28.4 Å². The van der Waals surface area contributed by atoms with Gasteiger partial charge in [0.2, 0.25) is 5.82 Å². The standard InChI is InChI=1S/C12H18N4O2/c1-10(15-7-2-3-8-15)9-14-12-11(16(17)18)5-4-6-13-12/h4-6,10H,2-3,7-9H2,1H3,(H,13,14). The third kappa shape index (κ3) is 2.95. The minimum atomic E-state index is -0.407. The predicted molar refractivity (Wildman–Crippen MR) is 69.7 cm³/mol. The Kier molecular flexibility index (Phi) is 4.09.